The molecule has 1 atom stereocenters. The molecule has 0 saturated heterocycles. The van der Waals surface area contributed by atoms with Crippen LogP contribution in [-0.2, 0) is 14.8 Å². The van der Waals surface area contributed by atoms with Crippen molar-refractivity contribution in [3.63, 3.8) is 0 Å². The second-order valence-corrected chi connectivity index (χ2v) is 7.02. The minimum Gasteiger partial charge on any atom is -0.480 e. The highest BCUT2D eigenvalue weighted by Gasteiger charge is 2.27. The van der Waals surface area contributed by atoms with Crippen LogP contribution >= 0.6 is 0 Å². The van der Waals surface area contributed by atoms with Crippen LogP contribution in [0.3, 0.4) is 0 Å². The quantitative estimate of drug-likeness (QED) is 0.875. The van der Waals surface area contributed by atoms with E-state index in [0.717, 1.165) is 6.92 Å². The fourth-order valence-corrected chi connectivity index (χ4v) is 2.54. The lowest BCUT2D eigenvalue weighted by Gasteiger charge is -2.10. The second-order valence-electron chi connectivity index (χ2n) is 5.02. The number of nitrogens with one attached hydrogen (secondary N) is 1. The van der Waals surface area contributed by atoms with Crippen molar-refractivity contribution in [2.75, 3.05) is 4.72 Å². The van der Waals surface area contributed by atoms with Gasteiger partial charge in [-0.15, -0.1) is 0 Å². The van der Waals surface area contributed by atoms with Gasteiger partial charge in [-0.25, -0.2) is 13.4 Å². The molecule has 1 unspecified atom stereocenters. The number of aliphatic carboxylic acids is 1. The number of carboxylic acids is 1. The highest BCUT2D eigenvalue weighted by Crippen LogP contribution is 2.24. The van der Waals surface area contributed by atoms with Crippen LogP contribution in [0, 0.1) is 0 Å². The third-order valence-electron chi connectivity index (χ3n) is 2.97. The Kier molecular flexibility index (Phi) is 3.91. The number of fused-ring (bicyclic) bond motifs is 1. The number of rotatable bonds is 5. The van der Waals surface area contributed by atoms with Gasteiger partial charge >= 0.3 is 5.97 Å². The van der Waals surface area contributed by atoms with Gasteiger partial charge in [-0.05, 0) is 25.1 Å². The Morgan fingerprint density at radius 2 is 2.00 bits per heavy atom. The van der Waals surface area contributed by atoms with Crippen LogP contribution in [0.25, 0.3) is 11.1 Å². The van der Waals surface area contributed by atoms with E-state index in [9.17, 15) is 13.2 Å². The number of carbonyl (C=O) groups is 1. The summed E-state index contributed by atoms with van der Waals surface area (Å²) in [6, 6.07) is 4.61. The van der Waals surface area contributed by atoms with Gasteiger partial charge in [0.1, 0.15) is 5.52 Å². The number of benzene rings is 1. The van der Waals surface area contributed by atoms with Gasteiger partial charge in [-0.1, -0.05) is 13.8 Å². The highest BCUT2D eigenvalue weighted by molar-refractivity contribution is 7.94. The number of anilines is 1. The smallest absolute Gasteiger partial charge is 0.323 e. The summed E-state index contributed by atoms with van der Waals surface area (Å²) < 4.78 is 31.5. The van der Waals surface area contributed by atoms with Crippen molar-refractivity contribution in [3.05, 3.63) is 24.1 Å². The van der Waals surface area contributed by atoms with E-state index in [-0.39, 0.29) is 11.6 Å². The lowest BCUT2D eigenvalue weighted by Crippen LogP contribution is -2.32. The largest absolute Gasteiger partial charge is 0.480 e. The molecule has 2 aromatic rings. The van der Waals surface area contributed by atoms with Gasteiger partial charge in [0, 0.05) is 5.92 Å². The molecule has 0 aliphatic carbocycles. The van der Waals surface area contributed by atoms with E-state index in [4.69, 9.17) is 9.52 Å². The molecule has 8 heteroatoms. The summed E-state index contributed by atoms with van der Waals surface area (Å²) in [6.45, 7) is 4.97. The first-order valence-electron chi connectivity index (χ1n) is 6.35. The maximum atomic E-state index is 11.9. The molecule has 21 heavy (non-hydrogen) atoms. The summed E-state index contributed by atoms with van der Waals surface area (Å²) in [5.41, 5.74) is 1.31. The van der Waals surface area contributed by atoms with Crippen LogP contribution in [0.5, 0.6) is 0 Å². The zero-order valence-electron chi connectivity index (χ0n) is 11.8. The van der Waals surface area contributed by atoms with Crippen molar-refractivity contribution in [1.82, 2.24) is 4.98 Å². The van der Waals surface area contributed by atoms with Gasteiger partial charge in [0.2, 0.25) is 10.0 Å². The van der Waals surface area contributed by atoms with E-state index in [1.54, 1.807) is 6.07 Å². The zero-order chi connectivity index (χ0) is 15.8. The van der Waals surface area contributed by atoms with E-state index in [0.29, 0.717) is 17.0 Å². The summed E-state index contributed by atoms with van der Waals surface area (Å²) in [7, 11) is -4.00. The maximum Gasteiger partial charge on any atom is 0.323 e. The molecular weight excluding hydrogens is 296 g/mol. The molecule has 0 saturated carbocycles. The molecule has 2 N–H and O–H groups in total. The number of hydrogen-bond acceptors (Lipinski definition) is 5. The molecule has 0 bridgehead atoms. The Hall–Kier alpha value is -2.09. The van der Waals surface area contributed by atoms with Crippen LogP contribution < -0.4 is 4.72 Å². The molecule has 0 radical (unpaired) electrons. The number of oxazole rings is 1. The molecule has 0 aliphatic heterocycles. The van der Waals surface area contributed by atoms with Crippen molar-refractivity contribution < 1.29 is 22.7 Å². The molecule has 0 amide bonds. The van der Waals surface area contributed by atoms with Crippen molar-refractivity contribution in [2.24, 2.45) is 0 Å². The second kappa shape index (κ2) is 5.36. The Bertz CT molecular complexity index is 779. The molecule has 2 rings (SSSR count). The van der Waals surface area contributed by atoms with E-state index < -0.39 is 21.2 Å². The number of hydrogen-bond donors (Lipinski definition) is 2. The third-order valence-corrected chi connectivity index (χ3v) is 4.62. The lowest BCUT2D eigenvalue weighted by atomic mass is 10.2. The predicted molar refractivity (Wildman–Crippen MR) is 77.7 cm³/mol. The van der Waals surface area contributed by atoms with Crippen molar-refractivity contribution >= 4 is 32.8 Å². The first kappa shape index (κ1) is 15.3. The molecule has 7 nitrogen and oxygen atoms in total. The SMILES string of the molecule is CC(C)c1nc2cc(NS(=O)(=O)C(C)C(=O)O)ccc2o1. The first-order chi connectivity index (χ1) is 9.70. The Balaban J connectivity index is 2.33. The van der Waals surface area contributed by atoms with Crippen LogP contribution in [0.1, 0.15) is 32.6 Å². The van der Waals surface area contributed by atoms with E-state index in [1.165, 1.54) is 12.1 Å². The van der Waals surface area contributed by atoms with Gasteiger partial charge in [-0.2, -0.15) is 0 Å². The molecule has 0 fully saturated rings. The molecule has 0 aliphatic rings. The van der Waals surface area contributed by atoms with Gasteiger partial charge < -0.3 is 9.52 Å². The van der Waals surface area contributed by atoms with Crippen LogP contribution in [0.4, 0.5) is 5.69 Å². The first-order valence-corrected chi connectivity index (χ1v) is 7.90. The molecular formula is C13H16N2O5S. The summed E-state index contributed by atoms with van der Waals surface area (Å²) in [5.74, 6) is -0.736. The topological polar surface area (TPSA) is 110 Å². The monoisotopic (exact) mass is 312 g/mol. The number of aromatic nitrogens is 1. The standard InChI is InChI=1S/C13H16N2O5S/c1-7(2)12-14-10-6-9(4-5-11(10)20-12)15-21(18,19)8(3)13(16)17/h4-8,15H,1-3H3,(H,16,17). The van der Waals surface area contributed by atoms with Crippen LogP contribution in [-0.4, -0.2) is 29.7 Å². The van der Waals surface area contributed by atoms with Crippen molar-refractivity contribution in [1.29, 1.82) is 0 Å². The third kappa shape index (κ3) is 3.15. The normalized spacial score (nSPS) is 13.5. The summed E-state index contributed by atoms with van der Waals surface area (Å²) in [4.78, 5) is 15.0. The van der Waals surface area contributed by atoms with Gasteiger partial charge in [0.05, 0.1) is 5.69 Å². The fourth-order valence-electron chi connectivity index (χ4n) is 1.64. The minimum atomic E-state index is -4.00. The minimum absolute atomic E-state index is 0.115. The molecule has 1 aromatic carbocycles. The molecule has 1 aromatic heterocycles. The highest BCUT2D eigenvalue weighted by atomic mass is 32.2. The molecule has 0 spiro atoms. The number of carboxylic acid groups (broad SMARTS) is 1. The Labute approximate surface area is 122 Å². The van der Waals surface area contributed by atoms with E-state index in [1.807, 2.05) is 13.8 Å². The maximum absolute atomic E-state index is 11.9. The Morgan fingerprint density at radius 1 is 1.33 bits per heavy atom. The summed E-state index contributed by atoms with van der Waals surface area (Å²) in [6.07, 6.45) is 0. The van der Waals surface area contributed by atoms with E-state index >= 15 is 0 Å². The van der Waals surface area contributed by atoms with Crippen molar-refractivity contribution in [2.45, 2.75) is 31.9 Å². The zero-order valence-corrected chi connectivity index (χ0v) is 12.6. The van der Waals surface area contributed by atoms with Crippen LogP contribution in [0.2, 0.25) is 0 Å². The van der Waals surface area contributed by atoms with E-state index in [2.05, 4.69) is 9.71 Å². The Morgan fingerprint density at radius 3 is 2.57 bits per heavy atom. The average molecular weight is 312 g/mol. The van der Waals surface area contributed by atoms with Gasteiger partial charge in [-0.3, -0.25) is 9.52 Å². The summed E-state index contributed by atoms with van der Waals surface area (Å²) in [5, 5.41) is 7.24. The average Bonchev–Trinajstić information content (AvgIpc) is 2.80. The van der Waals surface area contributed by atoms with Gasteiger partial charge in [0.25, 0.3) is 0 Å². The fraction of sp³-hybridized carbons (Fsp3) is 0.385. The molecule has 114 valence electrons. The predicted octanol–water partition coefficient (Wildman–Crippen LogP) is 2.17. The summed E-state index contributed by atoms with van der Waals surface area (Å²) >= 11 is 0. The number of sulfonamides is 1. The lowest BCUT2D eigenvalue weighted by molar-refractivity contribution is -0.136. The van der Waals surface area contributed by atoms with Crippen molar-refractivity contribution in [3.8, 4) is 0 Å². The van der Waals surface area contributed by atoms with Gasteiger partial charge in [0.15, 0.2) is 16.7 Å². The van der Waals surface area contributed by atoms with Crippen LogP contribution in [0.15, 0.2) is 22.6 Å². The molecule has 1 heterocycles. The number of nitrogens with zero attached hydrogens (tertiary/aromatic N) is 1.